The number of halogens is 1. The second-order valence-corrected chi connectivity index (χ2v) is 5.59. The summed E-state index contributed by atoms with van der Waals surface area (Å²) in [5, 5.41) is 4.62. The number of furan rings is 1. The predicted molar refractivity (Wildman–Crippen MR) is 80.7 cm³/mol. The van der Waals surface area contributed by atoms with Crippen molar-refractivity contribution in [2.45, 2.75) is 31.7 Å². The minimum Gasteiger partial charge on any atom is -0.457 e. The lowest BCUT2D eigenvalue weighted by Crippen LogP contribution is -2.30. The summed E-state index contributed by atoms with van der Waals surface area (Å²) in [7, 11) is 0. The van der Waals surface area contributed by atoms with E-state index in [9.17, 15) is 4.79 Å². The molecule has 0 radical (unpaired) electrons. The monoisotopic (exact) mass is 289 g/mol. The maximum absolute atomic E-state index is 11.8. The zero-order chi connectivity index (χ0) is 13.9. The van der Waals surface area contributed by atoms with Crippen molar-refractivity contribution < 1.29 is 9.21 Å². The van der Waals surface area contributed by atoms with E-state index in [1.807, 2.05) is 18.2 Å². The average molecular weight is 290 g/mol. The molecule has 20 heavy (non-hydrogen) atoms. The van der Waals surface area contributed by atoms with Crippen LogP contribution in [0.4, 0.5) is 0 Å². The number of carbonyl (C=O) groups excluding carboxylic acids is 1. The van der Waals surface area contributed by atoms with Gasteiger partial charge in [0.1, 0.15) is 11.3 Å². The number of benzene rings is 1. The topological polar surface area (TPSA) is 42.2 Å². The first-order valence-corrected chi connectivity index (χ1v) is 7.26. The lowest BCUT2D eigenvalue weighted by atomic mass is 10.2. The number of nitrogens with one attached hydrogen (secondary N) is 1. The number of fused-ring (bicyclic) bond motifs is 1. The molecule has 1 aliphatic rings. The lowest BCUT2D eigenvalue weighted by molar-refractivity contribution is -0.117. The van der Waals surface area contributed by atoms with Crippen molar-refractivity contribution in [3.8, 4) is 0 Å². The van der Waals surface area contributed by atoms with Gasteiger partial charge in [-0.05, 0) is 43.2 Å². The van der Waals surface area contributed by atoms with Gasteiger partial charge in [0.05, 0.1) is 0 Å². The maximum atomic E-state index is 11.8. The first-order valence-electron chi connectivity index (χ1n) is 6.88. The quantitative estimate of drug-likeness (QED) is 0.862. The number of amides is 1. The van der Waals surface area contributed by atoms with Crippen LogP contribution in [0.3, 0.4) is 0 Å². The first-order chi connectivity index (χ1) is 9.70. The van der Waals surface area contributed by atoms with Gasteiger partial charge in [-0.1, -0.05) is 24.4 Å². The van der Waals surface area contributed by atoms with E-state index in [0.29, 0.717) is 16.8 Å². The number of rotatable bonds is 3. The molecule has 1 saturated carbocycles. The van der Waals surface area contributed by atoms with Gasteiger partial charge in [0, 0.05) is 22.5 Å². The molecule has 1 heterocycles. The van der Waals surface area contributed by atoms with E-state index >= 15 is 0 Å². The van der Waals surface area contributed by atoms with Gasteiger partial charge >= 0.3 is 0 Å². The third-order valence-electron chi connectivity index (χ3n) is 3.60. The summed E-state index contributed by atoms with van der Waals surface area (Å²) in [4.78, 5) is 11.8. The molecule has 1 aromatic heterocycles. The van der Waals surface area contributed by atoms with Gasteiger partial charge in [0.2, 0.25) is 5.91 Å². The first kappa shape index (κ1) is 13.3. The van der Waals surface area contributed by atoms with Crippen molar-refractivity contribution in [2.24, 2.45) is 0 Å². The molecular formula is C16H16ClNO2. The zero-order valence-electron chi connectivity index (χ0n) is 11.1. The molecular weight excluding hydrogens is 274 g/mol. The van der Waals surface area contributed by atoms with Crippen LogP contribution in [0.1, 0.15) is 31.4 Å². The number of hydrogen-bond acceptors (Lipinski definition) is 2. The second kappa shape index (κ2) is 5.71. The van der Waals surface area contributed by atoms with Gasteiger partial charge in [-0.15, -0.1) is 0 Å². The summed E-state index contributed by atoms with van der Waals surface area (Å²) in [6.07, 6.45) is 7.80. The number of carbonyl (C=O) groups is 1. The Kier molecular flexibility index (Phi) is 3.79. The molecule has 0 aliphatic heterocycles. The molecule has 1 aromatic carbocycles. The molecule has 0 atom stereocenters. The molecule has 1 fully saturated rings. The van der Waals surface area contributed by atoms with Gasteiger partial charge < -0.3 is 9.73 Å². The SMILES string of the molecule is O=C(C=Cc1cc2cc(Cl)ccc2o1)NC1CCCC1. The Morgan fingerprint density at radius 2 is 2.10 bits per heavy atom. The molecule has 0 unspecified atom stereocenters. The fourth-order valence-corrected chi connectivity index (χ4v) is 2.77. The Balaban J connectivity index is 1.68. The second-order valence-electron chi connectivity index (χ2n) is 5.15. The van der Waals surface area contributed by atoms with Gasteiger partial charge in [0.15, 0.2) is 0 Å². The minimum absolute atomic E-state index is 0.0598. The zero-order valence-corrected chi connectivity index (χ0v) is 11.8. The fraction of sp³-hybridized carbons (Fsp3) is 0.312. The highest BCUT2D eigenvalue weighted by Crippen LogP contribution is 2.23. The van der Waals surface area contributed by atoms with Crippen molar-refractivity contribution in [2.75, 3.05) is 0 Å². The third kappa shape index (κ3) is 3.05. The van der Waals surface area contributed by atoms with Crippen LogP contribution < -0.4 is 5.32 Å². The normalized spacial score (nSPS) is 16.2. The van der Waals surface area contributed by atoms with Crippen LogP contribution in [-0.4, -0.2) is 11.9 Å². The molecule has 1 amide bonds. The predicted octanol–water partition coefficient (Wildman–Crippen LogP) is 4.16. The standard InChI is InChI=1S/C16H16ClNO2/c17-12-5-7-15-11(9-12)10-14(20-15)6-8-16(19)18-13-3-1-2-4-13/h5-10,13H,1-4H2,(H,18,19). The van der Waals surface area contributed by atoms with Crippen LogP contribution in [0.15, 0.2) is 34.8 Å². The van der Waals surface area contributed by atoms with E-state index in [1.54, 1.807) is 12.1 Å². The maximum Gasteiger partial charge on any atom is 0.244 e. The summed E-state index contributed by atoms with van der Waals surface area (Å²) in [6, 6.07) is 7.67. The van der Waals surface area contributed by atoms with E-state index in [2.05, 4.69) is 5.32 Å². The molecule has 1 N–H and O–H groups in total. The summed E-state index contributed by atoms with van der Waals surface area (Å²) < 4.78 is 5.62. The van der Waals surface area contributed by atoms with Crippen LogP contribution in [0.25, 0.3) is 17.0 Å². The molecule has 1 aliphatic carbocycles. The van der Waals surface area contributed by atoms with Crippen LogP contribution in [-0.2, 0) is 4.79 Å². The smallest absolute Gasteiger partial charge is 0.244 e. The number of hydrogen-bond donors (Lipinski definition) is 1. The van der Waals surface area contributed by atoms with Crippen molar-refractivity contribution >= 4 is 34.6 Å². The Labute approximate surface area is 122 Å². The highest BCUT2D eigenvalue weighted by molar-refractivity contribution is 6.31. The molecule has 0 bridgehead atoms. The molecule has 0 spiro atoms. The summed E-state index contributed by atoms with van der Waals surface area (Å²) >= 11 is 5.93. The molecule has 3 rings (SSSR count). The Hall–Kier alpha value is -1.74. The van der Waals surface area contributed by atoms with Crippen molar-refractivity contribution in [3.63, 3.8) is 0 Å². The molecule has 2 aromatic rings. The highest BCUT2D eigenvalue weighted by atomic mass is 35.5. The molecule has 3 nitrogen and oxygen atoms in total. The van der Waals surface area contributed by atoms with Crippen LogP contribution in [0.5, 0.6) is 0 Å². The molecule has 0 saturated heterocycles. The Morgan fingerprint density at radius 3 is 2.90 bits per heavy atom. The van der Waals surface area contributed by atoms with Gasteiger partial charge in [-0.3, -0.25) is 4.79 Å². The Bertz CT molecular complexity index is 654. The van der Waals surface area contributed by atoms with Crippen molar-refractivity contribution in [3.05, 3.63) is 41.1 Å². The third-order valence-corrected chi connectivity index (χ3v) is 3.83. The highest BCUT2D eigenvalue weighted by Gasteiger charge is 2.15. The molecule has 104 valence electrons. The van der Waals surface area contributed by atoms with Crippen LogP contribution in [0.2, 0.25) is 5.02 Å². The largest absolute Gasteiger partial charge is 0.457 e. The minimum atomic E-state index is -0.0598. The summed E-state index contributed by atoms with van der Waals surface area (Å²) in [5.41, 5.74) is 0.769. The van der Waals surface area contributed by atoms with E-state index in [-0.39, 0.29) is 5.91 Å². The Morgan fingerprint density at radius 1 is 1.30 bits per heavy atom. The van der Waals surface area contributed by atoms with E-state index in [1.165, 1.54) is 18.9 Å². The van der Waals surface area contributed by atoms with E-state index < -0.39 is 0 Å². The van der Waals surface area contributed by atoms with Gasteiger partial charge in [-0.2, -0.15) is 0 Å². The van der Waals surface area contributed by atoms with Crippen LogP contribution in [0, 0.1) is 0 Å². The van der Waals surface area contributed by atoms with Crippen molar-refractivity contribution in [1.82, 2.24) is 5.32 Å². The van der Waals surface area contributed by atoms with Crippen molar-refractivity contribution in [1.29, 1.82) is 0 Å². The summed E-state index contributed by atoms with van der Waals surface area (Å²) in [5.74, 6) is 0.597. The average Bonchev–Trinajstić information content (AvgIpc) is 3.04. The van der Waals surface area contributed by atoms with Gasteiger partial charge in [-0.25, -0.2) is 0 Å². The lowest BCUT2D eigenvalue weighted by Gasteiger charge is -2.08. The molecule has 4 heteroatoms. The summed E-state index contributed by atoms with van der Waals surface area (Å²) in [6.45, 7) is 0. The van der Waals surface area contributed by atoms with Crippen LogP contribution >= 0.6 is 11.6 Å². The fourth-order valence-electron chi connectivity index (χ4n) is 2.59. The van der Waals surface area contributed by atoms with Gasteiger partial charge in [0.25, 0.3) is 0 Å². The van der Waals surface area contributed by atoms with E-state index in [0.717, 1.165) is 23.8 Å². The van der Waals surface area contributed by atoms with E-state index in [4.69, 9.17) is 16.0 Å².